The second-order valence-corrected chi connectivity index (χ2v) is 4.00. The molecule has 4 heteroatoms. The van der Waals surface area contributed by atoms with E-state index in [0.717, 1.165) is 19.4 Å². The van der Waals surface area contributed by atoms with Crippen LogP contribution in [0, 0.1) is 11.8 Å². The molecule has 4 nitrogen and oxygen atoms in total. The van der Waals surface area contributed by atoms with Crippen LogP contribution in [0.15, 0.2) is 0 Å². The van der Waals surface area contributed by atoms with Crippen molar-refractivity contribution < 1.29 is 19.1 Å². The molecule has 0 saturated carbocycles. The number of esters is 1. The molecule has 15 heavy (non-hydrogen) atoms. The van der Waals surface area contributed by atoms with E-state index in [1.54, 1.807) is 6.92 Å². The number of methoxy groups -OCH3 is 1. The van der Waals surface area contributed by atoms with Gasteiger partial charge in [-0.2, -0.15) is 0 Å². The maximum absolute atomic E-state index is 11.9. The Morgan fingerprint density at radius 1 is 1.53 bits per heavy atom. The Labute approximate surface area is 89.9 Å². The molecule has 1 heterocycles. The summed E-state index contributed by atoms with van der Waals surface area (Å²) in [7, 11) is 1.34. The van der Waals surface area contributed by atoms with Crippen LogP contribution in [0.4, 0.5) is 0 Å². The van der Waals surface area contributed by atoms with Gasteiger partial charge in [-0.05, 0) is 12.8 Å². The topological polar surface area (TPSA) is 52.6 Å². The van der Waals surface area contributed by atoms with Crippen LogP contribution in [0.2, 0.25) is 0 Å². The van der Waals surface area contributed by atoms with Gasteiger partial charge in [-0.25, -0.2) is 0 Å². The van der Waals surface area contributed by atoms with E-state index in [0.29, 0.717) is 6.61 Å². The van der Waals surface area contributed by atoms with Crippen molar-refractivity contribution in [1.82, 2.24) is 0 Å². The minimum atomic E-state index is -0.326. The summed E-state index contributed by atoms with van der Waals surface area (Å²) >= 11 is 0. The summed E-state index contributed by atoms with van der Waals surface area (Å²) in [6.45, 7) is 3.02. The Balaban J connectivity index is 2.40. The molecular weight excluding hydrogens is 196 g/mol. The molecule has 0 aromatic carbocycles. The van der Waals surface area contributed by atoms with Crippen LogP contribution in [-0.4, -0.2) is 32.1 Å². The zero-order valence-corrected chi connectivity index (χ0v) is 9.32. The average Bonchev–Trinajstić information content (AvgIpc) is 2.29. The standard InChI is InChI=1S/C11H18O4/c1-8(6-10(12)14-2)11(13)9-4-3-5-15-7-9/h8-9H,3-7H2,1-2H3. The molecule has 0 radical (unpaired) electrons. The first-order valence-electron chi connectivity index (χ1n) is 5.33. The minimum absolute atomic E-state index is 0.0293. The van der Waals surface area contributed by atoms with E-state index in [9.17, 15) is 9.59 Å². The third-order valence-corrected chi connectivity index (χ3v) is 2.75. The SMILES string of the molecule is COC(=O)CC(C)C(=O)C1CCCOC1. The molecule has 0 aliphatic carbocycles. The van der Waals surface area contributed by atoms with Crippen LogP contribution in [0.5, 0.6) is 0 Å². The van der Waals surface area contributed by atoms with Gasteiger partial charge in [0.25, 0.3) is 0 Å². The van der Waals surface area contributed by atoms with E-state index >= 15 is 0 Å². The van der Waals surface area contributed by atoms with E-state index in [4.69, 9.17) is 4.74 Å². The highest BCUT2D eigenvalue weighted by Gasteiger charge is 2.27. The lowest BCUT2D eigenvalue weighted by atomic mass is 9.88. The molecule has 0 spiro atoms. The van der Waals surface area contributed by atoms with Crippen molar-refractivity contribution in [2.24, 2.45) is 11.8 Å². The summed E-state index contributed by atoms with van der Waals surface area (Å²) in [5.41, 5.74) is 0. The molecule has 0 aromatic rings. The van der Waals surface area contributed by atoms with Crippen molar-refractivity contribution in [2.75, 3.05) is 20.3 Å². The lowest BCUT2D eigenvalue weighted by Gasteiger charge is -2.23. The van der Waals surface area contributed by atoms with E-state index in [-0.39, 0.29) is 30.0 Å². The summed E-state index contributed by atoms with van der Waals surface area (Å²) in [5.74, 6) is -0.491. The van der Waals surface area contributed by atoms with Gasteiger partial charge in [0.05, 0.1) is 20.1 Å². The van der Waals surface area contributed by atoms with Crippen molar-refractivity contribution in [3.8, 4) is 0 Å². The lowest BCUT2D eigenvalue weighted by Crippen LogP contribution is -2.30. The molecular formula is C11H18O4. The molecule has 1 aliphatic rings. The zero-order valence-electron chi connectivity index (χ0n) is 9.32. The van der Waals surface area contributed by atoms with Crippen LogP contribution < -0.4 is 0 Å². The maximum atomic E-state index is 11.9. The van der Waals surface area contributed by atoms with Crippen molar-refractivity contribution >= 4 is 11.8 Å². The van der Waals surface area contributed by atoms with Gasteiger partial charge in [0.2, 0.25) is 0 Å². The molecule has 2 unspecified atom stereocenters. The first-order chi connectivity index (χ1) is 7.15. The highest BCUT2D eigenvalue weighted by atomic mass is 16.5. The smallest absolute Gasteiger partial charge is 0.306 e. The fourth-order valence-electron chi connectivity index (χ4n) is 1.80. The van der Waals surface area contributed by atoms with Gasteiger partial charge < -0.3 is 9.47 Å². The van der Waals surface area contributed by atoms with Gasteiger partial charge in [0.1, 0.15) is 5.78 Å². The van der Waals surface area contributed by atoms with E-state index in [1.807, 2.05) is 0 Å². The van der Waals surface area contributed by atoms with Crippen LogP contribution >= 0.6 is 0 Å². The van der Waals surface area contributed by atoms with Gasteiger partial charge in [-0.15, -0.1) is 0 Å². The van der Waals surface area contributed by atoms with Crippen LogP contribution in [-0.2, 0) is 19.1 Å². The van der Waals surface area contributed by atoms with Crippen molar-refractivity contribution in [3.63, 3.8) is 0 Å². The number of ether oxygens (including phenoxy) is 2. The predicted octanol–water partition coefficient (Wildman–Crippen LogP) is 1.18. The summed E-state index contributed by atoms with van der Waals surface area (Å²) in [4.78, 5) is 22.9. The summed E-state index contributed by atoms with van der Waals surface area (Å²) in [5, 5.41) is 0. The minimum Gasteiger partial charge on any atom is -0.469 e. The normalized spacial score (nSPS) is 23.2. The lowest BCUT2D eigenvalue weighted by molar-refractivity contribution is -0.145. The van der Waals surface area contributed by atoms with E-state index in [1.165, 1.54) is 7.11 Å². The summed E-state index contributed by atoms with van der Waals surface area (Å²) < 4.78 is 9.78. The molecule has 1 saturated heterocycles. The molecule has 86 valence electrons. The highest BCUT2D eigenvalue weighted by molar-refractivity contribution is 5.86. The Morgan fingerprint density at radius 2 is 2.27 bits per heavy atom. The molecule has 1 aliphatic heterocycles. The van der Waals surface area contributed by atoms with Gasteiger partial charge in [0, 0.05) is 18.4 Å². The quantitative estimate of drug-likeness (QED) is 0.659. The number of ketones is 1. The van der Waals surface area contributed by atoms with Gasteiger partial charge in [0.15, 0.2) is 0 Å². The molecule has 0 aromatic heterocycles. The molecule has 2 atom stereocenters. The Kier molecular flexibility index (Phi) is 4.75. The van der Waals surface area contributed by atoms with Crippen molar-refractivity contribution in [3.05, 3.63) is 0 Å². The first-order valence-corrected chi connectivity index (χ1v) is 5.33. The summed E-state index contributed by atoms with van der Waals surface area (Å²) in [6, 6.07) is 0. The van der Waals surface area contributed by atoms with Crippen LogP contribution in [0.25, 0.3) is 0 Å². The zero-order chi connectivity index (χ0) is 11.3. The second-order valence-electron chi connectivity index (χ2n) is 4.00. The van der Waals surface area contributed by atoms with E-state index < -0.39 is 0 Å². The molecule has 0 bridgehead atoms. The van der Waals surface area contributed by atoms with Crippen LogP contribution in [0.3, 0.4) is 0 Å². The molecule has 0 N–H and O–H groups in total. The predicted molar refractivity (Wildman–Crippen MR) is 54.3 cm³/mol. The molecule has 1 fully saturated rings. The molecule has 1 rings (SSSR count). The van der Waals surface area contributed by atoms with Gasteiger partial charge in [-0.1, -0.05) is 6.92 Å². The number of carbonyl (C=O) groups excluding carboxylic acids is 2. The van der Waals surface area contributed by atoms with Crippen LogP contribution in [0.1, 0.15) is 26.2 Å². The van der Waals surface area contributed by atoms with Crippen molar-refractivity contribution in [2.45, 2.75) is 26.2 Å². The third-order valence-electron chi connectivity index (χ3n) is 2.75. The number of hydrogen-bond donors (Lipinski definition) is 0. The number of Topliss-reactive ketones (excluding diaryl/α,β-unsaturated/α-hetero) is 1. The number of rotatable bonds is 4. The third kappa shape index (κ3) is 3.63. The molecule has 0 amide bonds. The van der Waals surface area contributed by atoms with Gasteiger partial charge >= 0.3 is 5.97 Å². The Bertz CT molecular complexity index is 231. The highest BCUT2D eigenvalue weighted by Crippen LogP contribution is 2.20. The fraction of sp³-hybridized carbons (Fsp3) is 0.818. The van der Waals surface area contributed by atoms with Gasteiger partial charge in [-0.3, -0.25) is 9.59 Å². The fourth-order valence-corrected chi connectivity index (χ4v) is 1.80. The first kappa shape index (κ1) is 12.2. The second kappa shape index (κ2) is 5.85. The van der Waals surface area contributed by atoms with E-state index in [2.05, 4.69) is 4.74 Å². The average molecular weight is 214 g/mol. The largest absolute Gasteiger partial charge is 0.469 e. The monoisotopic (exact) mass is 214 g/mol. The maximum Gasteiger partial charge on any atom is 0.306 e. The Hall–Kier alpha value is -0.900. The number of hydrogen-bond acceptors (Lipinski definition) is 4. The number of carbonyl (C=O) groups is 2. The Morgan fingerprint density at radius 3 is 2.80 bits per heavy atom. The van der Waals surface area contributed by atoms with Crippen molar-refractivity contribution in [1.29, 1.82) is 0 Å². The summed E-state index contributed by atoms with van der Waals surface area (Å²) in [6.07, 6.45) is 1.98.